The van der Waals surface area contributed by atoms with Crippen LogP contribution in [0.25, 0.3) is 6.08 Å². The second-order valence-corrected chi connectivity index (χ2v) is 7.16. The van der Waals surface area contributed by atoms with Crippen molar-refractivity contribution in [2.45, 2.75) is 71.1 Å². The van der Waals surface area contributed by atoms with Gasteiger partial charge in [-0.25, -0.2) is 0 Å². The summed E-state index contributed by atoms with van der Waals surface area (Å²) in [5.41, 5.74) is 1.44. The molecule has 1 radical (unpaired) electrons. The van der Waals surface area contributed by atoms with E-state index in [1.54, 1.807) is 5.31 Å². The van der Waals surface area contributed by atoms with Crippen LogP contribution in [0.4, 0.5) is 0 Å². The van der Waals surface area contributed by atoms with Crippen LogP contribution >= 0.6 is 8.58 Å². The second kappa shape index (κ2) is 9.35. The maximum absolute atomic E-state index is 2.40. The lowest BCUT2D eigenvalue weighted by Gasteiger charge is -2.03. The van der Waals surface area contributed by atoms with E-state index in [1.165, 1.54) is 83.7 Å². The minimum atomic E-state index is 1.30. The topological polar surface area (TPSA) is 0 Å². The van der Waals surface area contributed by atoms with Crippen LogP contribution in [0.1, 0.15) is 76.7 Å². The van der Waals surface area contributed by atoms with Gasteiger partial charge in [0.15, 0.2) is 0 Å². The van der Waals surface area contributed by atoms with Gasteiger partial charge in [0.05, 0.1) is 0 Å². The van der Waals surface area contributed by atoms with Gasteiger partial charge < -0.3 is 0 Å². The first-order chi connectivity index (χ1) is 9.90. The molecule has 0 bridgehead atoms. The van der Waals surface area contributed by atoms with Crippen LogP contribution < -0.4 is 5.30 Å². The van der Waals surface area contributed by atoms with Gasteiger partial charge in [0.2, 0.25) is 0 Å². The maximum atomic E-state index is 2.40. The number of unbranched alkanes of at least 4 members (excludes halogenated alkanes) is 8. The fourth-order valence-electron chi connectivity index (χ4n) is 2.82. The number of fused-ring (bicyclic) bond motifs is 1. The van der Waals surface area contributed by atoms with Crippen molar-refractivity contribution in [3.63, 3.8) is 0 Å². The zero-order valence-electron chi connectivity index (χ0n) is 12.9. The van der Waals surface area contributed by atoms with Crippen molar-refractivity contribution in [3.8, 4) is 0 Å². The quantitative estimate of drug-likeness (QED) is 0.339. The molecule has 0 fully saturated rings. The lowest BCUT2D eigenvalue weighted by Crippen LogP contribution is -1.92. The van der Waals surface area contributed by atoms with Gasteiger partial charge in [-0.05, 0) is 43.7 Å². The van der Waals surface area contributed by atoms with Gasteiger partial charge in [-0.1, -0.05) is 82.6 Å². The van der Waals surface area contributed by atoms with Gasteiger partial charge in [-0.2, -0.15) is 0 Å². The summed E-state index contributed by atoms with van der Waals surface area (Å²) in [5.74, 6) is 0. The molecule has 1 aromatic rings. The summed E-state index contributed by atoms with van der Waals surface area (Å²) < 4.78 is 0. The number of hydrogen-bond acceptors (Lipinski definition) is 0. The van der Waals surface area contributed by atoms with Gasteiger partial charge >= 0.3 is 0 Å². The lowest BCUT2D eigenvalue weighted by atomic mass is 10.1. The normalized spacial score (nSPS) is 14.6. The minimum Gasteiger partial charge on any atom is -0.0654 e. The van der Waals surface area contributed by atoms with Gasteiger partial charge in [-0.15, -0.1) is 0 Å². The number of hydrogen-bond donors (Lipinski definition) is 0. The largest absolute Gasteiger partial charge is 0.0654 e. The Balaban J connectivity index is 1.49. The van der Waals surface area contributed by atoms with Crippen molar-refractivity contribution in [1.82, 2.24) is 0 Å². The van der Waals surface area contributed by atoms with Crippen LogP contribution in [-0.2, 0) is 0 Å². The van der Waals surface area contributed by atoms with Crippen molar-refractivity contribution in [3.05, 3.63) is 35.1 Å². The van der Waals surface area contributed by atoms with Gasteiger partial charge in [-0.3, -0.25) is 0 Å². The molecule has 0 saturated carbocycles. The molecule has 0 nitrogen and oxygen atoms in total. The molecule has 0 spiro atoms. The summed E-state index contributed by atoms with van der Waals surface area (Å²) >= 11 is 0. The number of benzene rings is 1. The van der Waals surface area contributed by atoms with Crippen LogP contribution in [0.5, 0.6) is 0 Å². The summed E-state index contributed by atoms with van der Waals surface area (Å²) in [4.78, 5) is 0. The Bertz CT molecular complexity index is 420. The third-order valence-corrected chi connectivity index (χ3v) is 5.35. The van der Waals surface area contributed by atoms with E-state index in [0.717, 1.165) is 0 Å². The molecule has 1 aromatic carbocycles. The van der Waals surface area contributed by atoms with E-state index in [2.05, 4.69) is 37.3 Å². The molecular weight excluding hydrogens is 259 g/mol. The van der Waals surface area contributed by atoms with Crippen LogP contribution in [0, 0.1) is 0 Å². The monoisotopic (exact) mass is 287 g/mol. The van der Waals surface area contributed by atoms with E-state index in [4.69, 9.17) is 0 Å². The van der Waals surface area contributed by atoms with Crippen LogP contribution in [0.3, 0.4) is 0 Å². The Morgan fingerprint density at radius 1 is 0.800 bits per heavy atom. The first-order valence-corrected chi connectivity index (χ1v) is 9.31. The highest BCUT2D eigenvalue weighted by Gasteiger charge is 2.11. The summed E-state index contributed by atoms with van der Waals surface area (Å²) in [5, 5.41) is 3.12. The van der Waals surface area contributed by atoms with Gasteiger partial charge in [0, 0.05) is 0 Å². The van der Waals surface area contributed by atoms with Crippen LogP contribution in [-0.4, -0.2) is 0 Å². The first-order valence-electron chi connectivity index (χ1n) is 8.41. The van der Waals surface area contributed by atoms with Gasteiger partial charge in [0.1, 0.15) is 0 Å². The van der Waals surface area contributed by atoms with E-state index < -0.39 is 0 Å². The first kappa shape index (κ1) is 15.8. The van der Waals surface area contributed by atoms with Crippen LogP contribution in [0.2, 0.25) is 0 Å². The molecule has 0 aromatic heterocycles. The zero-order chi connectivity index (χ0) is 14.0. The predicted octanol–water partition coefficient (Wildman–Crippen LogP) is 6.53. The van der Waals surface area contributed by atoms with Crippen LogP contribution in [0.15, 0.2) is 29.6 Å². The van der Waals surface area contributed by atoms with Crippen molar-refractivity contribution < 1.29 is 0 Å². The molecule has 0 atom stereocenters. The SMILES string of the molecule is CCCCCCCCCCCC1=Cc2ccccc2[P]1. The summed E-state index contributed by atoms with van der Waals surface area (Å²) in [6, 6.07) is 8.80. The highest BCUT2D eigenvalue weighted by atomic mass is 31.1. The molecular formula is C19H28P. The summed E-state index contributed by atoms with van der Waals surface area (Å²) in [7, 11) is 1.46. The van der Waals surface area contributed by atoms with E-state index >= 15 is 0 Å². The fourth-order valence-corrected chi connectivity index (χ4v) is 4.03. The molecule has 1 heterocycles. The fraction of sp³-hybridized carbons (Fsp3) is 0.579. The molecule has 0 saturated heterocycles. The predicted molar refractivity (Wildman–Crippen MR) is 92.8 cm³/mol. The standard InChI is InChI=1S/C19H28P/c1-2-3-4-5-6-7-8-9-10-14-18-16-17-13-11-12-15-19(17)20-18/h11-13,15-16H,2-10,14H2,1H3. The summed E-state index contributed by atoms with van der Waals surface area (Å²) in [6.45, 7) is 2.29. The average Bonchev–Trinajstić information content (AvgIpc) is 2.88. The summed E-state index contributed by atoms with van der Waals surface area (Å²) in [6.07, 6.45) is 16.5. The molecule has 109 valence electrons. The molecule has 0 amide bonds. The van der Waals surface area contributed by atoms with E-state index in [9.17, 15) is 0 Å². The molecule has 1 heteroatoms. The molecule has 0 aliphatic carbocycles. The average molecular weight is 287 g/mol. The lowest BCUT2D eigenvalue weighted by molar-refractivity contribution is 0.566. The minimum absolute atomic E-state index is 1.30. The molecule has 1 aliphatic heterocycles. The number of rotatable bonds is 10. The smallest absolute Gasteiger partial charge is 0.00769 e. The molecule has 0 unspecified atom stereocenters. The van der Waals surface area contributed by atoms with Gasteiger partial charge in [0.25, 0.3) is 0 Å². The molecule has 2 rings (SSSR count). The third-order valence-electron chi connectivity index (χ3n) is 4.06. The highest BCUT2D eigenvalue weighted by molar-refractivity contribution is 7.53. The highest BCUT2D eigenvalue weighted by Crippen LogP contribution is 2.36. The molecule has 0 N–H and O–H groups in total. The Kier molecular flexibility index (Phi) is 7.37. The van der Waals surface area contributed by atoms with E-state index in [-0.39, 0.29) is 0 Å². The van der Waals surface area contributed by atoms with E-state index in [0.29, 0.717) is 0 Å². The maximum Gasteiger partial charge on any atom is -0.00769 e. The second-order valence-electron chi connectivity index (χ2n) is 5.88. The molecule has 1 aliphatic rings. The Morgan fingerprint density at radius 3 is 2.15 bits per heavy atom. The third kappa shape index (κ3) is 5.41. The van der Waals surface area contributed by atoms with Crippen molar-refractivity contribution in [1.29, 1.82) is 0 Å². The Labute approximate surface area is 126 Å². The Morgan fingerprint density at radius 2 is 1.45 bits per heavy atom. The number of allylic oxidation sites excluding steroid dienone is 1. The molecule has 20 heavy (non-hydrogen) atoms. The van der Waals surface area contributed by atoms with Crippen molar-refractivity contribution in [2.24, 2.45) is 0 Å². The van der Waals surface area contributed by atoms with Crippen molar-refractivity contribution >= 4 is 20.0 Å². The zero-order valence-corrected chi connectivity index (χ0v) is 13.8. The van der Waals surface area contributed by atoms with Crippen molar-refractivity contribution in [2.75, 3.05) is 0 Å². The Hall–Kier alpha value is -0.610. The van der Waals surface area contributed by atoms with E-state index in [1.807, 2.05) is 0 Å².